The van der Waals surface area contributed by atoms with Crippen LogP contribution in [0.3, 0.4) is 0 Å². The van der Waals surface area contributed by atoms with E-state index in [4.69, 9.17) is 0 Å². The van der Waals surface area contributed by atoms with Crippen molar-refractivity contribution in [2.75, 3.05) is 0 Å². The van der Waals surface area contributed by atoms with Crippen molar-refractivity contribution >= 4 is 11.3 Å². The van der Waals surface area contributed by atoms with Gasteiger partial charge >= 0.3 is 0 Å². The van der Waals surface area contributed by atoms with E-state index in [-0.39, 0.29) is 0 Å². The molecule has 12 heavy (non-hydrogen) atoms. The quantitative estimate of drug-likeness (QED) is 0.704. The molecule has 0 aromatic carbocycles. The van der Waals surface area contributed by atoms with Gasteiger partial charge in [0.25, 0.3) is 0 Å². The molecule has 2 aromatic rings. The molecule has 0 bridgehead atoms. The smallest absolute Gasteiger partial charge is 0.0489 e. The van der Waals surface area contributed by atoms with Crippen LogP contribution < -0.4 is 0 Å². The summed E-state index contributed by atoms with van der Waals surface area (Å²) in [4.78, 5) is 0. The molecular formula is C9H10N2S. The molecule has 0 aliphatic heterocycles. The summed E-state index contributed by atoms with van der Waals surface area (Å²) in [5.41, 5.74) is 1.40. The van der Waals surface area contributed by atoms with Gasteiger partial charge in [-0.3, -0.25) is 4.68 Å². The lowest BCUT2D eigenvalue weighted by Crippen LogP contribution is -2.00. The standard InChI is InChI=1S/C9H10N2S/c1-4-10-11(5-1)6-2-9-3-7-12-8-9/h1,3-5,7-8H,2,6H2. The maximum atomic E-state index is 4.14. The number of hydrogen-bond acceptors (Lipinski definition) is 2. The first-order valence-corrected chi connectivity index (χ1v) is 4.88. The van der Waals surface area contributed by atoms with Crippen LogP contribution in [0.4, 0.5) is 0 Å². The van der Waals surface area contributed by atoms with Crippen molar-refractivity contribution in [2.45, 2.75) is 13.0 Å². The van der Waals surface area contributed by atoms with Gasteiger partial charge in [-0.05, 0) is 34.9 Å². The van der Waals surface area contributed by atoms with Gasteiger partial charge in [0.2, 0.25) is 0 Å². The van der Waals surface area contributed by atoms with E-state index in [1.165, 1.54) is 5.56 Å². The van der Waals surface area contributed by atoms with Gasteiger partial charge in [0.15, 0.2) is 0 Å². The minimum Gasteiger partial charge on any atom is -0.272 e. The van der Waals surface area contributed by atoms with Gasteiger partial charge in [0, 0.05) is 18.9 Å². The highest BCUT2D eigenvalue weighted by Crippen LogP contribution is 2.07. The summed E-state index contributed by atoms with van der Waals surface area (Å²) < 4.78 is 1.96. The number of hydrogen-bond donors (Lipinski definition) is 0. The number of aryl methyl sites for hydroxylation is 2. The van der Waals surface area contributed by atoms with Crippen LogP contribution in [0.1, 0.15) is 5.56 Å². The van der Waals surface area contributed by atoms with Crippen molar-refractivity contribution in [1.82, 2.24) is 9.78 Å². The molecule has 0 aliphatic rings. The zero-order valence-electron chi connectivity index (χ0n) is 6.68. The average Bonchev–Trinajstić information content (AvgIpc) is 2.74. The third-order valence-corrected chi connectivity index (χ3v) is 2.50. The number of nitrogens with zero attached hydrogens (tertiary/aromatic N) is 2. The fourth-order valence-corrected chi connectivity index (χ4v) is 1.81. The van der Waals surface area contributed by atoms with E-state index in [9.17, 15) is 0 Å². The predicted octanol–water partition coefficient (Wildman–Crippen LogP) is 2.19. The first-order valence-electron chi connectivity index (χ1n) is 3.93. The van der Waals surface area contributed by atoms with E-state index >= 15 is 0 Å². The summed E-state index contributed by atoms with van der Waals surface area (Å²) in [7, 11) is 0. The molecule has 2 aromatic heterocycles. The molecule has 0 saturated carbocycles. The Labute approximate surface area is 75.5 Å². The van der Waals surface area contributed by atoms with Crippen molar-refractivity contribution in [3.63, 3.8) is 0 Å². The average molecular weight is 178 g/mol. The van der Waals surface area contributed by atoms with Crippen LogP contribution >= 0.6 is 11.3 Å². The van der Waals surface area contributed by atoms with E-state index in [1.807, 2.05) is 23.1 Å². The molecule has 0 radical (unpaired) electrons. The minimum absolute atomic E-state index is 0.976. The highest BCUT2D eigenvalue weighted by atomic mass is 32.1. The number of rotatable bonds is 3. The summed E-state index contributed by atoms with van der Waals surface area (Å²) in [6, 6.07) is 4.11. The Bertz CT molecular complexity index is 276. The number of thiophene rings is 1. The lowest BCUT2D eigenvalue weighted by molar-refractivity contribution is 0.615. The zero-order chi connectivity index (χ0) is 8.23. The predicted molar refractivity (Wildman–Crippen MR) is 50.3 cm³/mol. The van der Waals surface area contributed by atoms with Gasteiger partial charge in [0.05, 0.1) is 0 Å². The molecule has 0 aliphatic carbocycles. The van der Waals surface area contributed by atoms with E-state index in [1.54, 1.807) is 11.3 Å². The lowest BCUT2D eigenvalue weighted by atomic mass is 10.2. The third kappa shape index (κ3) is 1.74. The molecule has 0 amide bonds. The first kappa shape index (κ1) is 7.55. The van der Waals surface area contributed by atoms with E-state index in [0.717, 1.165) is 13.0 Å². The number of aromatic nitrogens is 2. The molecule has 2 rings (SSSR count). The molecular weight excluding hydrogens is 168 g/mol. The van der Waals surface area contributed by atoms with Crippen LogP contribution in [0.2, 0.25) is 0 Å². The highest BCUT2D eigenvalue weighted by Gasteiger charge is 1.93. The second-order valence-electron chi connectivity index (χ2n) is 2.65. The summed E-state index contributed by atoms with van der Waals surface area (Å²) in [5, 5.41) is 8.43. The van der Waals surface area contributed by atoms with Gasteiger partial charge in [0.1, 0.15) is 0 Å². The summed E-state index contributed by atoms with van der Waals surface area (Å²) >= 11 is 1.75. The molecule has 0 unspecified atom stereocenters. The lowest BCUT2D eigenvalue weighted by Gasteiger charge is -1.97. The summed E-state index contributed by atoms with van der Waals surface area (Å²) in [6.45, 7) is 0.976. The van der Waals surface area contributed by atoms with Crippen LogP contribution in [-0.4, -0.2) is 9.78 Å². The van der Waals surface area contributed by atoms with Gasteiger partial charge in [-0.1, -0.05) is 0 Å². The Morgan fingerprint density at radius 1 is 1.50 bits per heavy atom. The largest absolute Gasteiger partial charge is 0.272 e. The molecule has 0 spiro atoms. The normalized spacial score (nSPS) is 10.3. The van der Waals surface area contributed by atoms with E-state index in [0.29, 0.717) is 0 Å². The van der Waals surface area contributed by atoms with Crippen LogP contribution in [0.5, 0.6) is 0 Å². The van der Waals surface area contributed by atoms with Crippen molar-refractivity contribution in [2.24, 2.45) is 0 Å². The van der Waals surface area contributed by atoms with E-state index in [2.05, 4.69) is 21.9 Å². The molecule has 3 heteroatoms. The Hall–Kier alpha value is -1.09. The topological polar surface area (TPSA) is 17.8 Å². The maximum absolute atomic E-state index is 4.14. The molecule has 2 nitrogen and oxygen atoms in total. The zero-order valence-corrected chi connectivity index (χ0v) is 7.50. The summed E-state index contributed by atoms with van der Waals surface area (Å²) in [6.07, 6.45) is 4.88. The van der Waals surface area contributed by atoms with Crippen molar-refractivity contribution < 1.29 is 0 Å². The second-order valence-corrected chi connectivity index (χ2v) is 3.43. The Balaban J connectivity index is 1.91. The van der Waals surface area contributed by atoms with Crippen LogP contribution in [0, 0.1) is 0 Å². The Morgan fingerprint density at radius 2 is 2.50 bits per heavy atom. The fourth-order valence-electron chi connectivity index (χ4n) is 1.11. The monoisotopic (exact) mass is 178 g/mol. The SMILES string of the molecule is c1cnn(CCc2ccsc2)c1. The van der Waals surface area contributed by atoms with E-state index < -0.39 is 0 Å². The highest BCUT2D eigenvalue weighted by molar-refractivity contribution is 7.07. The van der Waals surface area contributed by atoms with Crippen LogP contribution in [0.15, 0.2) is 35.3 Å². The summed E-state index contributed by atoms with van der Waals surface area (Å²) in [5.74, 6) is 0. The molecule has 0 saturated heterocycles. The Morgan fingerprint density at radius 3 is 3.17 bits per heavy atom. The van der Waals surface area contributed by atoms with Crippen molar-refractivity contribution in [3.8, 4) is 0 Å². The third-order valence-electron chi connectivity index (χ3n) is 1.77. The van der Waals surface area contributed by atoms with Gasteiger partial charge < -0.3 is 0 Å². The fraction of sp³-hybridized carbons (Fsp3) is 0.222. The molecule has 2 heterocycles. The van der Waals surface area contributed by atoms with Crippen LogP contribution in [-0.2, 0) is 13.0 Å². The minimum atomic E-state index is 0.976. The first-order chi connectivity index (χ1) is 5.95. The maximum Gasteiger partial charge on any atom is 0.0489 e. The van der Waals surface area contributed by atoms with Crippen molar-refractivity contribution in [1.29, 1.82) is 0 Å². The van der Waals surface area contributed by atoms with Gasteiger partial charge in [-0.2, -0.15) is 16.4 Å². The van der Waals surface area contributed by atoms with Gasteiger partial charge in [-0.25, -0.2) is 0 Å². The molecule has 0 N–H and O–H groups in total. The van der Waals surface area contributed by atoms with Gasteiger partial charge in [-0.15, -0.1) is 0 Å². The molecule has 62 valence electrons. The van der Waals surface area contributed by atoms with Crippen molar-refractivity contribution in [3.05, 3.63) is 40.8 Å². The molecule has 0 fully saturated rings. The second kappa shape index (κ2) is 3.54. The van der Waals surface area contributed by atoms with Crippen LogP contribution in [0.25, 0.3) is 0 Å². The molecule has 0 atom stereocenters. The Kier molecular flexibility index (Phi) is 2.23.